The average Bonchev–Trinajstić information content (AvgIpc) is 2.55. The molecule has 5 N–H and O–H groups in total. The fourth-order valence-corrected chi connectivity index (χ4v) is 2.44. The van der Waals surface area contributed by atoms with Crippen LogP contribution in [0.25, 0.3) is 0 Å². The molecule has 2 rings (SSSR count). The Hall–Kier alpha value is -2.64. The highest BCUT2D eigenvalue weighted by molar-refractivity contribution is 6.32. The van der Waals surface area contributed by atoms with E-state index in [1.54, 1.807) is 36.4 Å². The third kappa shape index (κ3) is 5.17. The molecule has 7 nitrogen and oxygen atoms in total. The fraction of sp³-hybridized carbons (Fsp3) is 0.125. The zero-order chi connectivity index (χ0) is 18.4. The first-order valence-corrected chi connectivity index (χ1v) is 7.81. The van der Waals surface area contributed by atoms with E-state index in [1.807, 2.05) is 0 Å². The fourth-order valence-electron chi connectivity index (χ4n) is 1.93. The molecular weight excluding hydrogens is 365 g/mol. The van der Waals surface area contributed by atoms with Gasteiger partial charge in [-0.25, -0.2) is 4.99 Å². The number of methoxy groups -OCH3 is 2. The van der Waals surface area contributed by atoms with Crippen LogP contribution in [-0.4, -0.2) is 26.1 Å². The van der Waals surface area contributed by atoms with E-state index in [0.717, 1.165) is 0 Å². The third-order valence-electron chi connectivity index (χ3n) is 3.04. The number of benzene rings is 2. The summed E-state index contributed by atoms with van der Waals surface area (Å²) in [6.45, 7) is 0. The van der Waals surface area contributed by atoms with Crippen molar-refractivity contribution in [3.05, 3.63) is 46.4 Å². The SMILES string of the molecule is COc1ccc(N=C(N)N=C(N)Nc2ccc(OC)c(Cl)c2)cc1Cl. The van der Waals surface area contributed by atoms with Crippen molar-refractivity contribution in [2.24, 2.45) is 21.5 Å². The van der Waals surface area contributed by atoms with E-state index in [4.69, 9.17) is 44.1 Å². The standard InChI is InChI=1S/C16H17Cl2N5O2/c1-24-13-5-3-9(7-11(13)17)21-15(19)23-16(20)22-10-4-6-14(25-2)12(18)8-10/h3-8H,1-2H3,(H5,19,20,21,22,23). The molecule has 2 aromatic rings. The predicted molar refractivity (Wildman–Crippen MR) is 103 cm³/mol. The van der Waals surface area contributed by atoms with Crippen molar-refractivity contribution < 1.29 is 9.47 Å². The number of halogens is 2. The van der Waals surface area contributed by atoms with E-state index in [-0.39, 0.29) is 11.9 Å². The third-order valence-corrected chi connectivity index (χ3v) is 3.63. The molecule has 0 aliphatic rings. The lowest BCUT2D eigenvalue weighted by molar-refractivity contribution is 0.415. The van der Waals surface area contributed by atoms with Gasteiger partial charge in [0.25, 0.3) is 0 Å². The number of guanidine groups is 2. The van der Waals surface area contributed by atoms with E-state index in [1.165, 1.54) is 14.2 Å². The molecule has 9 heteroatoms. The van der Waals surface area contributed by atoms with Crippen LogP contribution in [0.1, 0.15) is 0 Å². The van der Waals surface area contributed by atoms with Crippen molar-refractivity contribution in [2.75, 3.05) is 19.5 Å². The smallest absolute Gasteiger partial charge is 0.223 e. The molecule has 0 spiro atoms. The van der Waals surface area contributed by atoms with Crippen LogP contribution in [0.2, 0.25) is 10.0 Å². The van der Waals surface area contributed by atoms with E-state index >= 15 is 0 Å². The Kier molecular flexibility index (Phi) is 6.32. The molecule has 0 aromatic heterocycles. The van der Waals surface area contributed by atoms with E-state index < -0.39 is 0 Å². The Morgan fingerprint density at radius 3 is 2.12 bits per heavy atom. The number of ether oxygens (including phenoxy) is 2. The quantitative estimate of drug-likeness (QED) is 0.555. The molecule has 0 unspecified atom stereocenters. The molecule has 0 saturated heterocycles. The molecule has 0 saturated carbocycles. The Labute approximate surface area is 155 Å². The van der Waals surface area contributed by atoms with Crippen LogP contribution in [0.15, 0.2) is 46.4 Å². The predicted octanol–water partition coefficient (Wildman–Crippen LogP) is 3.38. The molecule has 0 atom stereocenters. The molecule has 0 heterocycles. The molecule has 0 radical (unpaired) electrons. The number of hydrogen-bond donors (Lipinski definition) is 3. The van der Waals surface area contributed by atoms with Crippen LogP contribution >= 0.6 is 23.2 Å². The van der Waals surface area contributed by atoms with Gasteiger partial charge in [0.2, 0.25) is 11.9 Å². The minimum Gasteiger partial charge on any atom is -0.495 e. The summed E-state index contributed by atoms with van der Waals surface area (Å²) in [5, 5.41) is 3.72. The molecule has 25 heavy (non-hydrogen) atoms. The van der Waals surface area contributed by atoms with Crippen molar-refractivity contribution in [1.29, 1.82) is 0 Å². The van der Waals surface area contributed by atoms with Gasteiger partial charge in [-0.1, -0.05) is 23.2 Å². The van der Waals surface area contributed by atoms with Gasteiger partial charge in [-0.05, 0) is 36.4 Å². The van der Waals surface area contributed by atoms with Gasteiger partial charge in [0.15, 0.2) is 0 Å². The lowest BCUT2D eigenvalue weighted by Crippen LogP contribution is -2.26. The minimum atomic E-state index is -0.0363. The summed E-state index contributed by atoms with van der Waals surface area (Å²) in [4.78, 5) is 8.10. The number of rotatable bonds is 4. The summed E-state index contributed by atoms with van der Waals surface area (Å²) < 4.78 is 10.2. The maximum absolute atomic E-state index is 6.05. The largest absolute Gasteiger partial charge is 0.495 e. The zero-order valence-electron chi connectivity index (χ0n) is 13.6. The van der Waals surface area contributed by atoms with E-state index in [0.29, 0.717) is 32.9 Å². The van der Waals surface area contributed by atoms with Crippen LogP contribution < -0.4 is 26.3 Å². The highest BCUT2D eigenvalue weighted by Gasteiger charge is 2.04. The van der Waals surface area contributed by atoms with Crippen LogP contribution in [-0.2, 0) is 0 Å². The molecule has 0 amide bonds. The monoisotopic (exact) mass is 381 g/mol. The Balaban J connectivity index is 2.12. The molecule has 2 aromatic carbocycles. The highest BCUT2D eigenvalue weighted by atomic mass is 35.5. The minimum absolute atomic E-state index is 0.0363. The Morgan fingerprint density at radius 1 is 0.960 bits per heavy atom. The Bertz CT molecular complexity index is 824. The van der Waals surface area contributed by atoms with Gasteiger partial charge in [-0.3, -0.25) is 0 Å². The molecule has 0 fully saturated rings. The first-order valence-electron chi connectivity index (χ1n) is 7.05. The number of hydrogen-bond acceptors (Lipinski definition) is 3. The van der Waals surface area contributed by atoms with Gasteiger partial charge in [-0.15, -0.1) is 0 Å². The van der Waals surface area contributed by atoms with Crippen LogP contribution in [0.4, 0.5) is 11.4 Å². The van der Waals surface area contributed by atoms with Gasteiger partial charge < -0.3 is 26.3 Å². The molecular formula is C16H17Cl2N5O2. The van der Waals surface area contributed by atoms with Crippen LogP contribution in [0, 0.1) is 0 Å². The molecule has 132 valence electrons. The van der Waals surface area contributed by atoms with E-state index in [9.17, 15) is 0 Å². The van der Waals surface area contributed by atoms with Crippen molar-refractivity contribution in [1.82, 2.24) is 0 Å². The summed E-state index contributed by atoms with van der Waals surface area (Å²) >= 11 is 12.1. The second-order valence-corrected chi connectivity index (χ2v) is 5.57. The van der Waals surface area contributed by atoms with E-state index in [2.05, 4.69) is 15.3 Å². The van der Waals surface area contributed by atoms with Gasteiger partial charge in [0.1, 0.15) is 11.5 Å². The molecule has 0 aliphatic heterocycles. The summed E-state index contributed by atoms with van der Waals surface area (Å²) in [6.07, 6.45) is 0. The van der Waals surface area contributed by atoms with Crippen molar-refractivity contribution >= 4 is 46.5 Å². The average molecular weight is 382 g/mol. The maximum atomic E-state index is 6.05. The summed E-state index contributed by atoms with van der Waals surface area (Å²) in [5.74, 6) is 1.12. The highest BCUT2D eigenvalue weighted by Crippen LogP contribution is 2.29. The summed E-state index contributed by atoms with van der Waals surface area (Å²) in [5.41, 5.74) is 12.7. The first kappa shape index (κ1) is 18.7. The second-order valence-electron chi connectivity index (χ2n) is 4.76. The maximum Gasteiger partial charge on any atom is 0.223 e. The number of anilines is 1. The summed E-state index contributed by atoms with van der Waals surface area (Å²) in [7, 11) is 3.06. The lowest BCUT2D eigenvalue weighted by atomic mass is 10.3. The van der Waals surface area contributed by atoms with Crippen molar-refractivity contribution in [3.8, 4) is 11.5 Å². The summed E-state index contributed by atoms with van der Waals surface area (Å²) in [6, 6.07) is 10.1. The number of nitrogens with zero attached hydrogens (tertiary/aromatic N) is 2. The molecule has 0 aliphatic carbocycles. The van der Waals surface area contributed by atoms with Gasteiger partial charge in [-0.2, -0.15) is 4.99 Å². The van der Waals surface area contributed by atoms with Crippen molar-refractivity contribution in [3.63, 3.8) is 0 Å². The van der Waals surface area contributed by atoms with Gasteiger partial charge in [0.05, 0.1) is 30.0 Å². The van der Waals surface area contributed by atoms with Crippen LogP contribution in [0.3, 0.4) is 0 Å². The second kappa shape index (κ2) is 8.46. The number of nitrogens with one attached hydrogen (secondary N) is 1. The topological polar surface area (TPSA) is 107 Å². The first-order chi connectivity index (χ1) is 11.9. The zero-order valence-corrected chi connectivity index (χ0v) is 15.1. The number of aliphatic imine (C=N–C) groups is 2. The Morgan fingerprint density at radius 2 is 1.56 bits per heavy atom. The number of nitrogens with two attached hydrogens (primary N) is 2. The normalized spacial score (nSPS) is 12.0. The lowest BCUT2D eigenvalue weighted by Gasteiger charge is -2.08. The van der Waals surface area contributed by atoms with Crippen LogP contribution in [0.5, 0.6) is 11.5 Å². The molecule has 0 bridgehead atoms. The van der Waals surface area contributed by atoms with Crippen molar-refractivity contribution in [2.45, 2.75) is 0 Å². The van der Waals surface area contributed by atoms with Gasteiger partial charge >= 0.3 is 0 Å². The van der Waals surface area contributed by atoms with Gasteiger partial charge in [0, 0.05) is 5.69 Å².